The fourth-order valence-electron chi connectivity index (χ4n) is 4.77. The van der Waals surface area contributed by atoms with Gasteiger partial charge in [0.2, 0.25) is 5.91 Å². The maximum Gasteiger partial charge on any atom is 0.273 e. The summed E-state index contributed by atoms with van der Waals surface area (Å²) < 4.78 is 6.33. The second-order valence-corrected chi connectivity index (χ2v) is 8.72. The van der Waals surface area contributed by atoms with E-state index in [9.17, 15) is 19.7 Å². The standard InChI is InChI=1S/C25H26N2O5/c1-17(2)15-25(20-9-4-3-5-10-20)23-19(16-32-25)12-13-26(24(23)29)22(28)14-18-8-6-7-11-21(18)27(30)31/h3-11,17H,12-16H2,1-2H3. The van der Waals surface area contributed by atoms with E-state index in [1.807, 2.05) is 30.3 Å². The molecule has 0 saturated carbocycles. The number of carbonyl (C=O) groups excluding carboxylic acids is 2. The molecule has 0 aliphatic carbocycles. The summed E-state index contributed by atoms with van der Waals surface area (Å²) in [5, 5.41) is 11.3. The number of benzene rings is 2. The lowest BCUT2D eigenvalue weighted by molar-refractivity contribution is -0.385. The minimum Gasteiger partial charge on any atom is -0.361 e. The van der Waals surface area contributed by atoms with E-state index < -0.39 is 16.4 Å². The van der Waals surface area contributed by atoms with Gasteiger partial charge in [-0.05, 0) is 29.9 Å². The van der Waals surface area contributed by atoms with Crippen LogP contribution in [0.25, 0.3) is 0 Å². The summed E-state index contributed by atoms with van der Waals surface area (Å²) in [6.45, 7) is 4.79. The molecule has 1 unspecified atom stereocenters. The molecule has 32 heavy (non-hydrogen) atoms. The SMILES string of the molecule is CC(C)CC1(c2ccccc2)OCC2=C1C(=O)N(C(=O)Cc1ccccc1[N+](=O)[O-])CC2. The van der Waals surface area contributed by atoms with Crippen molar-refractivity contribution in [3.8, 4) is 0 Å². The fourth-order valence-corrected chi connectivity index (χ4v) is 4.77. The number of nitrogens with zero attached hydrogens (tertiary/aromatic N) is 2. The van der Waals surface area contributed by atoms with Crippen molar-refractivity contribution in [2.45, 2.75) is 38.7 Å². The Hall–Kier alpha value is -3.32. The number of nitro groups is 1. The molecule has 2 aliphatic rings. The van der Waals surface area contributed by atoms with Crippen LogP contribution in [0.3, 0.4) is 0 Å². The molecule has 4 rings (SSSR count). The molecule has 0 bridgehead atoms. The Kier molecular flexibility index (Phi) is 5.93. The zero-order valence-electron chi connectivity index (χ0n) is 18.2. The minimum atomic E-state index is -0.889. The van der Waals surface area contributed by atoms with E-state index in [1.54, 1.807) is 18.2 Å². The third-order valence-electron chi connectivity index (χ3n) is 6.11. The molecule has 2 heterocycles. The van der Waals surface area contributed by atoms with Crippen molar-refractivity contribution >= 4 is 17.5 Å². The predicted octanol–water partition coefficient (Wildman–Crippen LogP) is 4.16. The van der Waals surface area contributed by atoms with Crippen LogP contribution in [0.5, 0.6) is 0 Å². The third kappa shape index (κ3) is 3.84. The average molecular weight is 434 g/mol. The van der Waals surface area contributed by atoms with Crippen LogP contribution in [0, 0.1) is 16.0 Å². The summed E-state index contributed by atoms with van der Waals surface area (Å²) in [6.07, 6.45) is 0.971. The molecule has 0 N–H and O–H groups in total. The van der Waals surface area contributed by atoms with Crippen molar-refractivity contribution < 1.29 is 19.2 Å². The highest BCUT2D eigenvalue weighted by molar-refractivity contribution is 6.07. The number of amides is 2. The maximum atomic E-state index is 13.7. The van der Waals surface area contributed by atoms with Crippen molar-refractivity contribution in [1.29, 1.82) is 0 Å². The van der Waals surface area contributed by atoms with Gasteiger partial charge in [-0.1, -0.05) is 62.4 Å². The monoisotopic (exact) mass is 434 g/mol. The predicted molar refractivity (Wildman–Crippen MR) is 119 cm³/mol. The van der Waals surface area contributed by atoms with Crippen molar-refractivity contribution in [3.05, 3.63) is 87.0 Å². The van der Waals surface area contributed by atoms with Gasteiger partial charge in [-0.3, -0.25) is 24.6 Å². The second-order valence-electron chi connectivity index (χ2n) is 8.72. The van der Waals surface area contributed by atoms with Gasteiger partial charge in [-0.2, -0.15) is 0 Å². The van der Waals surface area contributed by atoms with Gasteiger partial charge in [0, 0.05) is 18.2 Å². The first-order valence-electron chi connectivity index (χ1n) is 10.8. The highest BCUT2D eigenvalue weighted by Crippen LogP contribution is 2.48. The molecular formula is C25H26N2O5. The van der Waals surface area contributed by atoms with E-state index in [0.717, 1.165) is 11.1 Å². The summed E-state index contributed by atoms with van der Waals surface area (Å²) in [5.41, 5.74) is 1.69. The van der Waals surface area contributed by atoms with Crippen molar-refractivity contribution in [1.82, 2.24) is 4.90 Å². The van der Waals surface area contributed by atoms with Crippen molar-refractivity contribution in [3.63, 3.8) is 0 Å². The summed E-state index contributed by atoms with van der Waals surface area (Å²) >= 11 is 0. The second kappa shape index (κ2) is 8.67. The number of rotatable bonds is 6. The van der Waals surface area contributed by atoms with E-state index in [1.165, 1.54) is 11.0 Å². The number of hydrogen-bond donors (Lipinski definition) is 0. The van der Waals surface area contributed by atoms with E-state index in [4.69, 9.17) is 4.74 Å². The topological polar surface area (TPSA) is 89.8 Å². The van der Waals surface area contributed by atoms with Crippen LogP contribution in [0.15, 0.2) is 65.7 Å². The number of carbonyl (C=O) groups is 2. The van der Waals surface area contributed by atoms with Crippen LogP contribution in [0.4, 0.5) is 5.69 Å². The highest BCUT2D eigenvalue weighted by Gasteiger charge is 2.50. The number of hydrogen-bond acceptors (Lipinski definition) is 5. The Morgan fingerprint density at radius 1 is 1.16 bits per heavy atom. The summed E-state index contributed by atoms with van der Waals surface area (Å²) in [5.74, 6) is -0.529. The zero-order valence-corrected chi connectivity index (χ0v) is 18.2. The minimum absolute atomic E-state index is 0.118. The van der Waals surface area contributed by atoms with Gasteiger partial charge in [0.25, 0.3) is 11.6 Å². The summed E-state index contributed by atoms with van der Waals surface area (Å²) in [6, 6.07) is 15.8. The molecule has 0 aromatic heterocycles. The first-order valence-corrected chi connectivity index (χ1v) is 10.8. The Bertz CT molecular complexity index is 1090. The molecule has 1 atom stereocenters. The molecule has 0 saturated heterocycles. The lowest BCUT2D eigenvalue weighted by Gasteiger charge is -2.36. The molecule has 2 aromatic rings. The molecule has 0 spiro atoms. The van der Waals surface area contributed by atoms with Gasteiger partial charge < -0.3 is 4.74 Å². The third-order valence-corrected chi connectivity index (χ3v) is 6.11. The van der Waals surface area contributed by atoms with Gasteiger partial charge in [-0.15, -0.1) is 0 Å². The number of imide groups is 1. The number of ether oxygens (including phenoxy) is 1. The van der Waals surface area contributed by atoms with E-state index in [2.05, 4.69) is 13.8 Å². The Morgan fingerprint density at radius 2 is 1.84 bits per heavy atom. The van der Waals surface area contributed by atoms with Crippen LogP contribution in [0.2, 0.25) is 0 Å². The van der Waals surface area contributed by atoms with Crippen LogP contribution in [-0.4, -0.2) is 34.8 Å². The highest BCUT2D eigenvalue weighted by atomic mass is 16.6. The van der Waals surface area contributed by atoms with Gasteiger partial charge in [0.1, 0.15) is 5.60 Å². The van der Waals surface area contributed by atoms with Crippen molar-refractivity contribution in [2.24, 2.45) is 5.92 Å². The van der Waals surface area contributed by atoms with Gasteiger partial charge in [0.15, 0.2) is 0 Å². The van der Waals surface area contributed by atoms with Crippen LogP contribution < -0.4 is 0 Å². The van der Waals surface area contributed by atoms with E-state index >= 15 is 0 Å². The Balaban J connectivity index is 1.67. The molecule has 0 fully saturated rings. The van der Waals surface area contributed by atoms with Crippen LogP contribution in [0.1, 0.15) is 37.8 Å². The number of nitro benzene ring substituents is 1. The van der Waals surface area contributed by atoms with Crippen LogP contribution in [-0.2, 0) is 26.3 Å². The van der Waals surface area contributed by atoms with Gasteiger partial charge >= 0.3 is 0 Å². The fraction of sp³-hybridized carbons (Fsp3) is 0.360. The van der Waals surface area contributed by atoms with E-state index in [-0.39, 0.29) is 30.5 Å². The molecule has 7 heteroatoms. The molecule has 2 amide bonds. The molecule has 166 valence electrons. The smallest absolute Gasteiger partial charge is 0.273 e. The lowest BCUT2D eigenvalue weighted by atomic mass is 9.77. The van der Waals surface area contributed by atoms with Crippen molar-refractivity contribution in [2.75, 3.05) is 13.2 Å². The maximum absolute atomic E-state index is 13.7. The Morgan fingerprint density at radius 3 is 2.53 bits per heavy atom. The molecule has 7 nitrogen and oxygen atoms in total. The van der Waals surface area contributed by atoms with Gasteiger partial charge in [-0.25, -0.2) is 0 Å². The Labute approximate surface area is 186 Å². The van der Waals surface area contributed by atoms with E-state index in [0.29, 0.717) is 30.6 Å². The summed E-state index contributed by atoms with van der Waals surface area (Å²) in [4.78, 5) is 38.9. The van der Waals surface area contributed by atoms with Crippen LogP contribution >= 0.6 is 0 Å². The average Bonchev–Trinajstić information content (AvgIpc) is 3.14. The molecular weight excluding hydrogens is 408 g/mol. The first kappa shape index (κ1) is 21.9. The summed E-state index contributed by atoms with van der Waals surface area (Å²) in [7, 11) is 0. The molecule has 2 aromatic carbocycles. The zero-order chi connectivity index (χ0) is 22.9. The molecule has 0 radical (unpaired) electrons. The first-order chi connectivity index (χ1) is 15.3. The normalized spacial score (nSPS) is 20.6. The largest absolute Gasteiger partial charge is 0.361 e. The molecule has 2 aliphatic heterocycles. The quantitative estimate of drug-likeness (QED) is 0.503. The number of para-hydroxylation sites is 1. The van der Waals surface area contributed by atoms with Gasteiger partial charge in [0.05, 0.1) is 23.5 Å². The lowest BCUT2D eigenvalue weighted by Crippen LogP contribution is -2.46.